The van der Waals surface area contributed by atoms with Crippen molar-refractivity contribution in [3.8, 4) is 0 Å². The van der Waals surface area contributed by atoms with Crippen molar-refractivity contribution in [3.63, 3.8) is 0 Å². The van der Waals surface area contributed by atoms with E-state index in [4.69, 9.17) is 19.9 Å². The van der Waals surface area contributed by atoms with Gasteiger partial charge in [0.05, 0.1) is 48.2 Å². The number of ether oxygens (including phenoxy) is 2. The number of carbonyl (C=O) groups excluding carboxylic acids is 2. The third kappa shape index (κ3) is 4.48. The first-order valence-corrected chi connectivity index (χ1v) is 9.01. The van der Waals surface area contributed by atoms with Crippen LogP contribution in [0.25, 0.3) is 0 Å². The zero-order valence-electron chi connectivity index (χ0n) is 16.7. The van der Waals surface area contributed by atoms with E-state index in [9.17, 15) is 9.59 Å². The monoisotopic (exact) mass is 404 g/mol. The Hall–Kier alpha value is -3.56. The van der Waals surface area contributed by atoms with Crippen molar-refractivity contribution in [1.82, 2.24) is 9.97 Å². The molecule has 0 unspecified atom stereocenters. The molecular formula is C19H24N4O6. The molecule has 2 rings (SSSR count). The largest absolute Gasteiger partial charge is 0.462 e. The summed E-state index contributed by atoms with van der Waals surface area (Å²) in [6.07, 6.45) is 2.48. The minimum atomic E-state index is -0.535. The van der Waals surface area contributed by atoms with Crippen molar-refractivity contribution in [1.29, 1.82) is 0 Å². The summed E-state index contributed by atoms with van der Waals surface area (Å²) in [6.45, 7) is 7.17. The average Bonchev–Trinajstić information content (AvgIpc) is 3.13. The second-order valence-electron chi connectivity index (χ2n) is 6.14. The van der Waals surface area contributed by atoms with Gasteiger partial charge in [0.25, 0.3) is 0 Å². The van der Waals surface area contributed by atoms with Gasteiger partial charge in [0.15, 0.2) is 0 Å². The fourth-order valence-corrected chi connectivity index (χ4v) is 3.13. The smallest absolute Gasteiger partial charge is 0.340 e. The van der Waals surface area contributed by atoms with Crippen LogP contribution in [-0.4, -0.2) is 58.0 Å². The molecule has 0 amide bonds. The van der Waals surface area contributed by atoms with Crippen molar-refractivity contribution in [2.24, 2.45) is 10.3 Å². The highest BCUT2D eigenvalue weighted by Gasteiger charge is 2.26. The minimum absolute atomic E-state index is 0.127. The fourth-order valence-electron chi connectivity index (χ4n) is 3.13. The number of oxime groups is 2. The molecule has 156 valence electrons. The normalized spacial score (nSPS) is 11.4. The van der Waals surface area contributed by atoms with Gasteiger partial charge in [0.1, 0.15) is 0 Å². The summed E-state index contributed by atoms with van der Waals surface area (Å²) in [7, 11) is 0. The summed E-state index contributed by atoms with van der Waals surface area (Å²) in [6, 6.07) is 0. The summed E-state index contributed by atoms with van der Waals surface area (Å²) < 4.78 is 10.3. The van der Waals surface area contributed by atoms with Crippen LogP contribution >= 0.6 is 0 Å². The van der Waals surface area contributed by atoms with Crippen LogP contribution in [0.5, 0.6) is 0 Å². The zero-order chi connectivity index (χ0) is 21.6. The number of nitrogens with one attached hydrogen (secondary N) is 2. The van der Waals surface area contributed by atoms with Crippen molar-refractivity contribution >= 4 is 24.4 Å². The van der Waals surface area contributed by atoms with E-state index in [1.165, 1.54) is 12.4 Å². The molecule has 2 aromatic rings. The van der Waals surface area contributed by atoms with Crippen LogP contribution in [0.2, 0.25) is 0 Å². The zero-order valence-corrected chi connectivity index (χ0v) is 16.7. The van der Waals surface area contributed by atoms with Crippen LogP contribution in [0.4, 0.5) is 0 Å². The van der Waals surface area contributed by atoms with Gasteiger partial charge >= 0.3 is 11.9 Å². The highest BCUT2D eigenvalue weighted by molar-refractivity contribution is 5.98. The molecule has 0 saturated heterocycles. The Balaban J connectivity index is 2.61. The molecule has 0 aliphatic carbocycles. The predicted molar refractivity (Wildman–Crippen MR) is 105 cm³/mol. The van der Waals surface area contributed by atoms with Crippen LogP contribution in [-0.2, 0) is 15.9 Å². The number of nitrogens with zero attached hydrogens (tertiary/aromatic N) is 2. The van der Waals surface area contributed by atoms with Gasteiger partial charge in [-0.1, -0.05) is 10.3 Å². The van der Waals surface area contributed by atoms with Gasteiger partial charge in [-0.05, 0) is 38.8 Å². The lowest BCUT2D eigenvalue weighted by Gasteiger charge is -2.07. The number of rotatable bonds is 8. The Bertz CT molecular complexity index is 878. The molecule has 0 atom stereocenters. The molecule has 2 aromatic heterocycles. The van der Waals surface area contributed by atoms with E-state index < -0.39 is 11.9 Å². The van der Waals surface area contributed by atoms with E-state index >= 15 is 0 Å². The number of aromatic amines is 2. The van der Waals surface area contributed by atoms with Crippen LogP contribution in [0.15, 0.2) is 10.3 Å². The molecule has 10 nitrogen and oxygen atoms in total. The van der Waals surface area contributed by atoms with Gasteiger partial charge in [0.2, 0.25) is 0 Å². The molecule has 0 fully saturated rings. The van der Waals surface area contributed by atoms with E-state index in [-0.39, 0.29) is 19.6 Å². The highest BCUT2D eigenvalue weighted by atomic mass is 16.5. The summed E-state index contributed by atoms with van der Waals surface area (Å²) in [4.78, 5) is 31.0. The number of esters is 2. The first-order valence-electron chi connectivity index (χ1n) is 9.01. The van der Waals surface area contributed by atoms with E-state index in [1.807, 2.05) is 0 Å². The van der Waals surface area contributed by atoms with Gasteiger partial charge in [-0.2, -0.15) is 0 Å². The Labute approximate surface area is 167 Å². The second-order valence-corrected chi connectivity index (χ2v) is 6.14. The van der Waals surface area contributed by atoms with Crippen LogP contribution in [0.3, 0.4) is 0 Å². The maximum Gasteiger partial charge on any atom is 0.340 e. The molecule has 0 bridgehead atoms. The SMILES string of the molecule is CCOC(=O)c1c(Cc2[nH]c(/C=N/O)c(C)c2C(=O)OCC)[nH]c(/C=N/O)c1C. The van der Waals surface area contributed by atoms with Gasteiger partial charge in [-0.15, -0.1) is 0 Å². The summed E-state index contributed by atoms with van der Waals surface area (Å²) >= 11 is 0. The molecule has 0 radical (unpaired) electrons. The summed E-state index contributed by atoms with van der Waals surface area (Å²) in [5.41, 5.74) is 3.49. The molecule has 4 N–H and O–H groups in total. The van der Waals surface area contributed by atoms with Crippen molar-refractivity contribution in [2.75, 3.05) is 13.2 Å². The maximum atomic E-state index is 12.5. The lowest BCUT2D eigenvalue weighted by Crippen LogP contribution is -2.11. The number of hydrogen-bond acceptors (Lipinski definition) is 8. The number of hydrogen-bond donors (Lipinski definition) is 4. The Morgan fingerprint density at radius 3 is 1.55 bits per heavy atom. The molecule has 0 aromatic carbocycles. The average molecular weight is 404 g/mol. The van der Waals surface area contributed by atoms with Crippen LogP contribution in [0, 0.1) is 13.8 Å². The Morgan fingerprint density at radius 1 is 0.862 bits per heavy atom. The standard InChI is InChI=1S/C19H24N4O6/c1-5-28-18(24)16-10(3)14(8-20-26)22-12(16)7-13-17(19(25)29-6-2)11(4)15(23-13)9-21-27/h8-9,22-23,26-27H,5-7H2,1-4H3/b20-8+,21-9+. The number of carbonyl (C=O) groups is 2. The molecular weight excluding hydrogens is 380 g/mol. The summed E-state index contributed by atoms with van der Waals surface area (Å²) in [5, 5.41) is 23.8. The van der Waals surface area contributed by atoms with Crippen molar-refractivity contribution in [2.45, 2.75) is 34.1 Å². The van der Waals surface area contributed by atoms with E-state index in [0.29, 0.717) is 45.0 Å². The van der Waals surface area contributed by atoms with Crippen LogP contribution < -0.4 is 0 Å². The Kier molecular flexibility index (Phi) is 7.18. The molecule has 2 heterocycles. The molecule has 10 heteroatoms. The first kappa shape index (κ1) is 21.7. The maximum absolute atomic E-state index is 12.5. The fraction of sp³-hybridized carbons (Fsp3) is 0.368. The molecule has 29 heavy (non-hydrogen) atoms. The van der Waals surface area contributed by atoms with E-state index in [2.05, 4.69) is 20.3 Å². The lowest BCUT2D eigenvalue weighted by molar-refractivity contribution is 0.0516. The van der Waals surface area contributed by atoms with E-state index in [0.717, 1.165) is 0 Å². The topological polar surface area (TPSA) is 149 Å². The van der Waals surface area contributed by atoms with Crippen LogP contribution in [0.1, 0.15) is 68.5 Å². The summed E-state index contributed by atoms with van der Waals surface area (Å²) in [5.74, 6) is -1.07. The third-order valence-corrected chi connectivity index (χ3v) is 4.42. The van der Waals surface area contributed by atoms with Gasteiger partial charge in [0, 0.05) is 17.8 Å². The van der Waals surface area contributed by atoms with Gasteiger partial charge in [-0.25, -0.2) is 9.59 Å². The highest BCUT2D eigenvalue weighted by Crippen LogP contribution is 2.25. The quantitative estimate of drug-likeness (QED) is 0.230. The van der Waals surface area contributed by atoms with Crippen molar-refractivity contribution < 1.29 is 29.5 Å². The lowest BCUT2D eigenvalue weighted by atomic mass is 10.0. The molecule has 0 saturated carbocycles. The third-order valence-electron chi connectivity index (χ3n) is 4.42. The molecule has 0 spiro atoms. The van der Waals surface area contributed by atoms with E-state index in [1.54, 1.807) is 27.7 Å². The number of aromatic nitrogens is 2. The minimum Gasteiger partial charge on any atom is -0.462 e. The van der Waals surface area contributed by atoms with Gasteiger partial charge in [-0.3, -0.25) is 0 Å². The van der Waals surface area contributed by atoms with Crippen molar-refractivity contribution in [3.05, 3.63) is 45.0 Å². The molecule has 0 aliphatic heterocycles. The second kappa shape index (κ2) is 9.58. The van der Waals surface area contributed by atoms with Gasteiger partial charge < -0.3 is 29.9 Å². The first-order chi connectivity index (χ1) is 13.9. The number of H-pyrrole nitrogens is 2. The molecule has 0 aliphatic rings. The Morgan fingerprint density at radius 2 is 1.24 bits per heavy atom. The predicted octanol–water partition coefficient (Wildman–Crippen LogP) is 2.52.